The zero-order valence-electron chi connectivity index (χ0n) is 14.3. The summed E-state index contributed by atoms with van der Waals surface area (Å²) in [7, 11) is 0. The second-order valence-corrected chi connectivity index (χ2v) is 6.89. The molecule has 1 aliphatic rings. The van der Waals surface area contributed by atoms with Crippen molar-refractivity contribution in [2.75, 3.05) is 5.32 Å². The summed E-state index contributed by atoms with van der Waals surface area (Å²) in [5, 5.41) is 13.9. The van der Waals surface area contributed by atoms with Gasteiger partial charge in [-0.05, 0) is 49.2 Å². The molecule has 0 aliphatic heterocycles. The van der Waals surface area contributed by atoms with Crippen LogP contribution in [-0.4, -0.2) is 22.1 Å². The zero-order valence-corrected chi connectivity index (χ0v) is 14.3. The van der Waals surface area contributed by atoms with Crippen LogP contribution >= 0.6 is 0 Å². The molecular weight excluding hydrogens is 334 g/mol. The second kappa shape index (κ2) is 6.56. The molecule has 1 heterocycles. The Bertz CT molecular complexity index is 915. The molecule has 1 aliphatic carbocycles. The third-order valence-corrected chi connectivity index (χ3v) is 4.96. The van der Waals surface area contributed by atoms with Crippen LogP contribution in [0, 0.1) is 0 Å². The van der Waals surface area contributed by atoms with Crippen molar-refractivity contribution >= 4 is 16.6 Å². The molecule has 1 aromatic heterocycles. The first-order valence-corrected chi connectivity index (χ1v) is 8.84. The molecule has 0 unspecified atom stereocenters. The maximum absolute atomic E-state index is 13.4. The van der Waals surface area contributed by atoms with Crippen molar-refractivity contribution in [3.8, 4) is 17.0 Å². The van der Waals surface area contributed by atoms with Gasteiger partial charge in [0.2, 0.25) is 5.92 Å². The van der Waals surface area contributed by atoms with Crippen LogP contribution in [0.2, 0.25) is 0 Å². The number of benzene rings is 2. The highest BCUT2D eigenvalue weighted by molar-refractivity contribution is 5.93. The van der Waals surface area contributed by atoms with E-state index in [4.69, 9.17) is 4.98 Å². The Labute approximate surface area is 150 Å². The lowest BCUT2D eigenvalue weighted by atomic mass is 9.92. The molecule has 134 valence electrons. The predicted molar refractivity (Wildman–Crippen MR) is 99.7 cm³/mol. The number of aromatic nitrogens is 1. The number of nitrogens with zero attached hydrogens (tertiary/aromatic N) is 1. The quantitative estimate of drug-likeness (QED) is 0.644. The van der Waals surface area contributed by atoms with E-state index in [1.165, 1.54) is 0 Å². The van der Waals surface area contributed by atoms with Gasteiger partial charge in [-0.2, -0.15) is 0 Å². The number of halogens is 2. The van der Waals surface area contributed by atoms with Crippen LogP contribution in [0.15, 0.2) is 54.6 Å². The number of aromatic hydroxyl groups is 1. The molecule has 1 saturated carbocycles. The Kier molecular flexibility index (Phi) is 4.23. The number of phenols is 1. The standard InChI is InChI=1S/C21H20F2N2O/c22-21(23)11-9-15(10-12-21)24-20-13-19(14-5-7-16(26)8-6-14)25-18-4-2-1-3-17(18)20/h1-8,13,15,26H,9-12H2,(H,24,25). The Morgan fingerprint density at radius 1 is 1.00 bits per heavy atom. The molecule has 2 N–H and O–H groups in total. The van der Waals surface area contributed by atoms with Gasteiger partial charge < -0.3 is 10.4 Å². The van der Waals surface area contributed by atoms with Crippen LogP contribution in [0.25, 0.3) is 22.2 Å². The van der Waals surface area contributed by atoms with Crippen molar-refractivity contribution < 1.29 is 13.9 Å². The van der Waals surface area contributed by atoms with E-state index in [0.29, 0.717) is 12.8 Å². The van der Waals surface area contributed by atoms with E-state index in [2.05, 4.69) is 5.32 Å². The number of para-hydroxylation sites is 1. The van der Waals surface area contributed by atoms with Gasteiger partial charge in [0.15, 0.2) is 0 Å². The van der Waals surface area contributed by atoms with Gasteiger partial charge in [-0.3, -0.25) is 0 Å². The molecule has 0 atom stereocenters. The summed E-state index contributed by atoms with van der Waals surface area (Å²) in [6, 6.07) is 16.7. The minimum absolute atomic E-state index is 0.0353. The second-order valence-electron chi connectivity index (χ2n) is 6.89. The maximum atomic E-state index is 13.4. The fraction of sp³-hybridized carbons (Fsp3) is 0.286. The number of phenolic OH excluding ortho intramolecular Hbond substituents is 1. The lowest BCUT2D eigenvalue weighted by Gasteiger charge is -2.30. The molecule has 26 heavy (non-hydrogen) atoms. The number of hydrogen-bond donors (Lipinski definition) is 2. The summed E-state index contributed by atoms with van der Waals surface area (Å²) in [6.45, 7) is 0. The van der Waals surface area contributed by atoms with Crippen molar-refractivity contribution in [3.05, 3.63) is 54.6 Å². The van der Waals surface area contributed by atoms with E-state index in [-0.39, 0.29) is 24.6 Å². The minimum Gasteiger partial charge on any atom is -0.508 e. The van der Waals surface area contributed by atoms with Gasteiger partial charge in [0, 0.05) is 35.5 Å². The number of nitrogens with one attached hydrogen (secondary N) is 1. The van der Waals surface area contributed by atoms with Gasteiger partial charge >= 0.3 is 0 Å². The summed E-state index contributed by atoms with van der Waals surface area (Å²) in [5.41, 5.74) is 3.44. The third-order valence-electron chi connectivity index (χ3n) is 4.96. The average molecular weight is 354 g/mol. The highest BCUT2D eigenvalue weighted by Gasteiger charge is 2.34. The molecule has 3 nitrogen and oxygen atoms in total. The largest absolute Gasteiger partial charge is 0.508 e. The van der Waals surface area contributed by atoms with E-state index < -0.39 is 5.92 Å². The van der Waals surface area contributed by atoms with Crippen LogP contribution < -0.4 is 5.32 Å². The average Bonchev–Trinajstić information content (AvgIpc) is 2.64. The molecule has 0 radical (unpaired) electrons. The molecule has 0 saturated heterocycles. The first-order valence-electron chi connectivity index (χ1n) is 8.84. The molecule has 0 spiro atoms. The molecule has 0 bridgehead atoms. The molecule has 0 amide bonds. The summed E-state index contributed by atoms with van der Waals surface area (Å²) >= 11 is 0. The summed E-state index contributed by atoms with van der Waals surface area (Å²) in [6.07, 6.45) is 0.771. The van der Waals surface area contributed by atoms with Crippen molar-refractivity contribution in [3.63, 3.8) is 0 Å². The van der Waals surface area contributed by atoms with Crippen molar-refractivity contribution in [2.45, 2.75) is 37.6 Å². The predicted octanol–water partition coefficient (Wildman–Crippen LogP) is 5.60. The molecule has 5 heteroatoms. The van der Waals surface area contributed by atoms with Gasteiger partial charge in [0.05, 0.1) is 11.2 Å². The topological polar surface area (TPSA) is 45.1 Å². The Hall–Kier alpha value is -2.69. The first kappa shape index (κ1) is 16.8. The van der Waals surface area contributed by atoms with Gasteiger partial charge in [-0.25, -0.2) is 13.8 Å². The lowest BCUT2D eigenvalue weighted by molar-refractivity contribution is -0.0360. The Balaban J connectivity index is 1.69. The fourth-order valence-corrected chi connectivity index (χ4v) is 3.48. The maximum Gasteiger partial charge on any atom is 0.248 e. The third kappa shape index (κ3) is 3.47. The number of pyridine rings is 1. The lowest BCUT2D eigenvalue weighted by Crippen LogP contribution is -2.32. The number of fused-ring (bicyclic) bond motifs is 1. The normalized spacial score (nSPS) is 17.3. The van der Waals surface area contributed by atoms with E-state index in [1.807, 2.05) is 42.5 Å². The smallest absolute Gasteiger partial charge is 0.248 e. The van der Waals surface area contributed by atoms with Gasteiger partial charge in [-0.15, -0.1) is 0 Å². The number of rotatable bonds is 3. The van der Waals surface area contributed by atoms with E-state index in [9.17, 15) is 13.9 Å². The Morgan fingerprint density at radius 2 is 1.69 bits per heavy atom. The van der Waals surface area contributed by atoms with Crippen molar-refractivity contribution in [1.29, 1.82) is 0 Å². The van der Waals surface area contributed by atoms with E-state index in [0.717, 1.165) is 27.8 Å². The SMILES string of the molecule is Oc1ccc(-c2cc(NC3CCC(F)(F)CC3)c3ccccc3n2)cc1. The number of anilines is 1. The summed E-state index contributed by atoms with van der Waals surface area (Å²) in [5.74, 6) is -2.33. The highest BCUT2D eigenvalue weighted by atomic mass is 19.3. The van der Waals surface area contributed by atoms with Gasteiger partial charge in [0.25, 0.3) is 0 Å². The number of hydrogen-bond acceptors (Lipinski definition) is 3. The van der Waals surface area contributed by atoms with Gasteiger partial charge in [0.1, 0.15) is 5.75 Å². The van der Waals surface area contributed by atoms with Crippen LogP contribution in [0.1, 0.15) is 25.7 Å². The van der Waals surface area contributed by atoms with E-state index in [1.54, 1.807) is 12.1 Å². The zero-order chi connectivity index (χ0) is 18.1. The molecule has 4 rings (SSSR count). The van der Waals surface area contributed by atoms with E-state index >= 15 is 0 Å². The summed E-state index contributed by atoms with van der Waals surface area (Å²) in [4.78, 5) is 4.71. The number of alkyl halides is 2. The molecule has 2 aromatic carbocycles. The Morgan fingerprint density at radius 3 is 2.42 bits per heavy atom. The van der Waals surface area contributed by atoms with Crippen molar-refractivity contribution in [2.24, 2.45) is 0 Å². The fourth-order valence-electron chi connectivity index (χ4n) is 3.48. The molecule has 3 aromatic rings. The molecular formula is C21H20F2N2O. The summed E-state index contributed by atoms with van der Waals surface area (Å²) < 4.78 is 26.9. The van der Waals surface area contributed by atoms with Crippen LogP contribution in [-0.2, 0) is 0 Å². The highest BCUT2D eigenvalue weighted by Crippen LogP contribution is 2.36. The monoisotopic (exact) mass is 354 g/mol. The van der Waals surface area contributed by atoms with Crippen LogP contribution in [0.4, 0.5) is 14.5 Å². The molecule has 1 fully saturated rings. The van der Waals surface area contributed by atoms with Gasteiger partial charge in [-0.1, -0.05) is 18.2 Å². The van der Waals surface area contributed by atoms with Crippen LogP contribution in [0.5, 0.6) is 5.75 Å². The van der Waals surface area contributed by atoms with Crippen LogP contribution in [0.3, 0.4) is 0 Å². The first-order chi connectivity index (χ1) is 12.5. The van der Waals surface area contributed by atoms with Crippen molar-refractivity contribution in [1.82, 2.24) is 4.98 Å². The minimum atomic E-state index is -2.53.